The van der Waals surface area contributed by atoms with E-state index >= 15 is 0 Å². The summed E-state index contributed by atoms with van der Waals surface area (Å²) in [6.45, 7) is 1.77. The molecule has 0 fully saturated rings. The van der Waals surface area contributed by atoms with Crippen LogP contribution in [0.2, 0.25) is 0 Å². The average molecular weight is 123 g/mol. The van der Waals surface area contributed by atoms with E-state index in [0.717, 1.165) is 12.8 Å². The monoisotopic (exact) mass is 122 g/mol. The molecule has 0 aromatic heterocycles. The lowest BCUT2D eigenvalue weighted by Crippen LogP contribution is -1.98. The van der Waals surface area contributed by atoms with E-state index in [1.54, 1.807) is 6.92 Å². The quantitative estimate of drug-likeness (QED) is 0.561. The van der Waals surface area contributed by atoms with E-state index in [2.05, 4.69) is 0 Å². The molecule has 0 heterocycles. The molecule has 0 amide bonds. The zero-order valence-corrected chi connectivity index (χ0v) is 5.28. The van der Waals surface area contributed by atoms with Crippen molar-refractivity contribution in [2.24, 2.45) is 0 Å². The number of rotatable bonds is 3. The largest absolute Gasteiger partial charge is 0.393 e. The van der Waals surface area contributed by atoms with Crippen LogP contribution in [0.25, 0.3) is 0 Å². The van der Waals surface area contributed by atoms with Crippen LogP contribution in [0.3, 0.4) is 0 Å². The van der Waals surface area contributed by atoms with Gasteiger partial charge in [-0.05, 0) is 19.8 Å². The van der Waals surface area contributed by atoms with Gasteiger partial charge in [-0.2, -0.15) is 0 Å². The van der Waals surface area contributed by atoms with E-state index in [1.165, 1.54) is 0 Å². The van der Waals surface area contributed by atoms with Crippen LogP contribution in [-0.2, 0) is 0 Å². The molecule has 44 valence electrons. The first-order chi connectivity index (χ1) is 3.27. The Balaban J connectivity index is 2.68. The Morgan fingerprint density at radius 3 is 2.43 bits per heavy atom. The van der Waals surface area contributed by atoms with E-state index < -0.39 is 0 Å². The van der Waals surface area contributed by atoms with Crippen molar-refractivity contribution in [1.82, 2.24) is 0 Å². The molecule has 2 heteroatoms. The predicted octanol–water partition coefficient (Wildman–Crippen LogP) is 1.39. The Morgan fingerprint density at radius 2 is 2.29 bits per heavy atom. The van der Waals surface area contributed by atoms with Crippen LogP contribution in [0, 0.1) is 0 Å². The summed E-state index contributed by atoms with van der Waals surface area (Å²) in [6, 6.07) is 0. The maximum absolute atomic E-state index is 8.62. The van der Waals surface area contributed by atoms with Crippen LogP contribution in [0.15, 0.2) is 0 Å². The lowest BCUT2D eigenvalue weighted by atomic mass is 10.2. The second kappa shape index (κ2) is 4.41. The van der Waals surface area contributed by atoms with Crippen LogP contribution >= 0.6 is 11.6 Å². The molecule has 0 bridgehead atoms. The summed E-state index contributed by atoms with van der Waals surface area (Å²) in [7, 11) is 0. The topological polar surface area (TPSA) is 20.2 Å². The highest BCUT2D eigenvalue weighted by Gasteiger charge is 1.91. The molecule has 0 aromatic carbocycles. The smallest absolute Gasteiger partial charge is 0.0512 e. The minimum Gasteiger partial charge on any atom is -0.393 e. The number of hydrogen-bond donors (Lipinski definition) is 1. The van der Waals surface area contributed by atoms with Crippen LogP contribution in [0.4, 0.5) is 0 Å². The molecule has 0 saturated heterocycles. The standard InChI is InChI=1S/C5H11ClO/c1-5(7)3-2-4-6/h5,7H,2-4H2,1H3/t5-/m1/s1. The average Bonchev–Trinajstić information content (AvgIpc) is 1.61. The van der Waals surface area contributed by atoms with Crippen molar-refractivity contribution in [3.63, 3.8) is 0 Å². The van der Waals surface area contributed by atoms with Gasteiger partial charge in [0.05, 0.1) is 6.10 Å². The lowest BCUT2D eigenvalue weighted by molar-refractivity contribution is 0.184. The minimum atomic E-state index is -0.182. The van der Waals surface area contributed by atoms with Gasteiger partial charge < -0.3 is 5.11 Å². The highest BCUT2D eigenvalue weighted by Crippen LogP contribution is 1.95. The van der Waals surface area contributed by atoms with Gasteiger partial charge in [0, 0.05) is 5.88 Å². The maximum Gasteiger partial charge on any atom is 0.0512 e. The van der Waals surface area contributed by atoms with Crippen molar-refractivity contribution in [3.8, 4) is 0 Å². The molecule has 0 rings (SSSR count). The summed E-state index contributed by atoms with van der Waals surface area (Å²) in [5, 5.41) is 8.62. The van der Waals surface area contributed by atoms with Gasteiger partial charge in [0.15, 0.2) is 0 Å². The van der Waals surface area contributed by atoms with Crippen LogP contribution < -0.4 is 0 Å². The van der Waals surface area contributed by atoms with Crippen LogP contribution in [0.1, 0.15) is 19.8 Å². The first-order valence-electron chi connectivity index (χ1n) is 2.51. The fourth-order valence-electron chi connectivity index (χ4n) is 0.373. The molecule has 7 heavy (non-hydrogen) atoms. The fraction of sp³-hybridized carbons (Fsp3) is 1.00. The predicted molar refractivity (Wildman–Crippen MR) is 31.6 cm³/mol. The Kier molecular flexibility index (Phi) is 4.57. The molecule has 1 N–H and O–H groups in total. The van der Waals surface area contributed by atoms with Gasteiger partial charge in [-0.1, -0.05) is 0 Å². The van der Waals surface area contributed by atoms with Gasteiger partial charge in [0.1, 0.15) is 0 Å². The van der Waals surface area contributed by atoms with Gasteiger partial charge in [-0.3, -0.25) is 0 Å². The van der Waals surface area contributed by atoms with Gasteiger partial charge in [-0.15, -0.1) is 11.6 Å². The zero-order chi connectivity index (χ0) is 5.70. The number of aliphatic hydroxyl groups excluding tert-OH is 1. The Hall–Kier alpha value is 0.250. The van der Waals surface area contributed by atoms with Crippen LogP contribution in [0.5, 0.6) is 0 Å². The van der Waals surface area contributed by atoms with Crippen molar-refractivity contribution in [2.45, 2.75) is 25.9 Å². The molecule has 0 saturated carbocycles. The number of halogens is 1. The lowest BCUT2D eigenvalue weighted by Gasteiger charge is -1.97. The molecule has 0 aromatic rings. The van der Waals surface area contributed by atoms with Crippen molar-refractivity contribution < 1.29 is 5.11 Å². The summed E-state index contributed by atoms with van der Waals surface area (Å²) in [5.74, 6) is 0.658. The summed E-state index contributed by atoms with van der Waals surface area (Å²) >= 11 is 5.33. The summed E-state index contributed by atoms with van der Waals surface area (Å²) < 4.78 is 0. The second-order valence-corrected chi connectivity index (χ2v) is 2.06. The Morgan fingerprint density at radius 1 is 1.71 bits per heavy atom. The normalized spacial score (nSPS) is 14.1. The first-order valence-corrected chi connectivity index (χ1v) is 3.05. The molecule has 0 aliphatic rings. The molecule has 1 atom stereocenters. The number of alkyl halides is 1. The molecule has 1 nitrogen and oxygen atoms in total. The maximum atomic E-state index is 8.62. The van der Waals surface area contributed by atoms with Crippen molar-refractivity contribution in [2.75, 3.05) is 5.88 Å². The third-order valence-electron chi connectivity index (χ3n) is 0.756. The molecule has 0 radical (unpaired) electrons. The van der Waals surface area contributed by atoms with E-state index in [9.17, 15) is 0 Å². The van der Waals surface area contributed by atoms with Crippen molar-refractivity contribution in [3.05, 3.63) is 0 Å². The molecule has 0 aliphatic heterocycles. The summed E-state index contributed by atoms with van der Waals surface area (Å²) in [5.41, 5.74) is 0. The van der Waals surface area contributed by atoms with Crippen molar-refractivity contribution >= 4 is 11.6 Å². The van der Waals surface area contributed by atoms with E-state index in [-0.39, 0.29) is 6.10 Å². The van der Waals surface area contributed by atoms with Crippen molar-refractivity contribution in [1.29, 1.82) is 0 Å². The minimum absolute atomic E-state index is 0.182. The molecular weight excluding hydrogens is 112 g/mol. The molecule has 0 spiro atoms. The third kappa shape index (κ3) is 6.25. The second-order valence-electron chi connectivity index (χ2n) is 1.68. The Labute approximate surface area is 49.3 Å². The third-order valence-corrected chi connectivity index (χ3v) is 1.02. The van der Waals surface area contributed by atoms with E-state index in [1.807, 2.05) is 0 Å². The highest BCUT2D eigenvalue weighted by atomic mass is 35.5. The number of aliphatic hydroxyl groups is 1. The first kappa shape index (κ1) is 7.25. The number of hydrogen-bond acceptors (Lipinski definition) is 1. The van der Waals surface area contributed by atoms with Gasteiger partial charge in [-0.25, -0.2) is 0 Å². The zero-order valence-electron chi connectivity index (χ0n) is 4.52. The Bertz CT molecular complexity index is 37.1. The van der Waals surface area contributed by atoms with E-state index in [4.69, 9.17) is 16.7 Å². The van der Waals surface area contributed by atoms with E-state index in [0.29, 0.717) is 5.88 Å². The van der Waals surface area contributed by atoms with Gasteiger partial charge >= 0.3 is 0 Å². The molecule has 0 unspecified atom stereocenters. The molecule has 0 aliphatic carbocycles. The van der Waals surface area contributed by atoms with Crippen LogP contribution in [-0.4, -0.2) is 17.1 Å². The fourth-order valence-corrected chi connectivity index (χ4v) is 0.527. The van der Waals surface area contributed by atoms with Gasteiger partial charge in [0.25, 0.3) is 0 Å². The summed E-state index contributed by atoms with van der Waals surface area (Å²) in [6.07, 6.45) is 1.56. The summed E-state index contributed by atoms with van der Waals surface area (Å²) in [4.78, 5) is 0. The molecular formula is C5H11ClO. The highest BCUT2D eigenvalue weighted by molar-refractivity contribution is 6.17. The van der Waals surface area contributed by atoms with Gasteiger partial charge in [0.2, 0.25) is 0 Å². The SMILES string of the molecule is C[C@@H](O)CCCCl.